The van der Waals surface area contributed by atoms with Gasteiger partial charge in [-0.15, -0.1) is 11.3 Å². The number of nitrogens with two attached hydrogens (primary N) is 1. The Morgan fingerprint density at radius 3 is 3.07 bits per heavy atom. The van der Waals surface area contributed by atoms with Crippen LogP contribution in [0.2, 0.25) is 0 Å². The summed E-state index contributed by atoms with van der Waals surface area (Å²) >= 11 is 1.34. The Kier molecular flexibility index (Phi) is 3.63. The molecule has 0 aliphatic rings. The van der Waals surface area contributed by atoms with Gasteiger partial charge in [0.15, 0.2) is 0 Å². The number of hydrogen-bond donors (Lipinski definition) is 1. The van der Waals surface area contributed by atoms with E-state index in [1.54, 1.807) is 6.07 Å². The molecule has 0 fully saturated rings. The lowest BCUT2D eigenvalue weighted by atomic mass is 10.1. The smallest absolute Gasteiger partial charge is 0.322 e. The van der Waals surface area contributed by atoms with Gasteiger partial charge in [-0.3, -0.25) is 4.79 Å². The van der Waals surface area contributed by atoms with Gasteiger partial charge >= 0.3 is 5.97 Å². The quantitative estimate of drug-likeness (QED) is 0.744. The Morgan fingerprint density at radius 2 is 2.57 bits per heavy atom. The van der Waals surface area contributed by atoms with E-state index in [9.17, 15) is 4.79 Å². The fraction of sp³-hybridized carbons (Fsp3) is 0.333. The molecule has 1 heterocycles. The van der Waals surface area contributed by atoms with Crippen LogP contribution in [0.4, 0.5) is 0 Å². The Balaban J connectivity index is 2.61. The lowest BCUT2D eigenvalue weighted by Crippen LogP contribution is -2.33. The number of ether oxygens (including phenoxy) is 1. The zero-order valence-electron chi connectivity index (χ0n) is 7.69. The van der Waals surface area contributed by atoms with Crippen LogP contribution in [-0.2, 0) is 16.0 Å². The van der Waals surface area contributed by atoms with Gasteiger partial charge in [0.2, 0.25) is 0 Å². The van der Waals surface area contributed by atoms with Crippen molar-refractivity contribution in [2.75, 3.05) is 7.11 Å². The Labute approximate surface area is 85.9 Å². The molecule has 4 nitrogen and oxygen atoms in total. The number of esters is 1. The summed E-state index contributed by atoms with van der Waals surface area (Å²) in [7, 11) is 1.30. The number of nitrogens with zero attached hydrogens (tertiary/aromatic N) is 1. The summed E-state index contributed by atoms with van der Waals surface area (Å²) in [6.07, 6.45) is 0.408. The van der Waals surface area contributed by atoms with Crippen LogP contribution in [0.25, 0.3) is 0 Å². The van der Waals surface area contributed by atoms with Gasteiger partial charge in [0.05, 0.1) is 7.11 Å². The van der Waals surface area contributed by atoms with Gasteiger partial charge < -0.3 is 10.5 Å². The highest BCUT2D eigenvalue weighted by Gasteiger charge is 2.14. The van der Waals surface area contributed by atoms with Crippen molar-refractivity contribution >= 4 is 17.3 Å². The predicted molar refractivity (Wildman–Crippen MR) is 52.7 cm³/mol. The minimum atomic E-state index is -0.652. The summed E-state index contributed by atoms with van der Waals surface area (Å²) in [6.45, 7) is 0. The SMILES string of the molecule is COC(=O)C(N)Cc1csc(C#N)c1. The average Bonchev–Trinajstić information content (AvgIpc) is 2.64. The third-order valence-corrected chi connectivity index (χ3v) is 2.61. The molecule has 1 unspecified atom stereocenters. The molecule has 74 valence electrons. The van der Waals surface area contributed by atoms with E-state index in [0.29, 0.717) is 11.3 Å². The third kappa shape index (κ3) is 2.55. The zero-order valence-corrected chi connectivity index (χ0v) is 8.50. The molecular weight excluding hydrogens is 200 g/mol. The van der Waals surface area contributed by atoms with Crippen molar-refractivity contribution in [2.24, 2.45) is 5.73 Å². The summed E-state index contributed by atoms with van der Waals surface area (Å²) in [5.41, 5.74) is 6.45. The molecule has 0 bridgehead atoms. The molecule has 2 N–H and O–H groups in total. The number of carbonyl (C=O) groups excluding carboxylic acids is 1. The maximum absolute atomic E-state index is 11.0. The van der Waals surface area contributed by atoms with Crippen molar-refractivity contribution in [1.82, 2.24) is 0 Å². The fourth-order valence-electron chi connectivity index (χ4n) is 1.03. The van der Waals surface area contributed by atoms with Crippen LogP contribution in [0.1, 0.15) is 10.4 Å². The Bertz CT molecular complexity index is 367. The number of thiophene rings is 1. The van der Waals surface area contributed by atoms with Gasteiger partial charge in [-0.2, -0.15) is 5.26 Å². The highest BCUT2D eigenvalue weighted by molar-refractivity contribution is 7.10. The largest absolute Gasteiger partial charge is 0.468 e. The normalized spacial score (nSPS) is 11.8. The van der Waals surface area contributed by atoms with Crippen LogP contribution in [-0.4, -0.2) is 19.1 Å². The minimum absolute atomic E-state index is 0.408. The number of methoxy groups -OCH3 is 1. The molecule has 5 heteroatoms. The molecule has 1 aromatic rings. The second kappa shape index (κ2) is 4.74. The van der Waals surface area contributed by atoms with E-state index >= 15 is 0 Å². The standard InChI is InChI=1S/C9H10N2O2S/c1-13-9(12)8(11)3-6-2-7(4-10)14-5-6/h2,5,8H,3,11H2,1H3. The van der Waals surface area contributed by atoms with Crippen LogP contribution in [0.5, 0.6) is 0 Å². The first-order valence-corrected chi connectivity index (χ1v) is 4.86. The van der Waals surface area contributed by atoms with E-state index in [4.69, 9.17) is 11.0 Å². The maximum atomic E-state index is 11.0. The molecule has 1 rings (SSSR count). The van der Waals surface area contributed by atoms with E-state index in [0.717, 1.165) is 5.56 Å². The van der Waals surface area contributed by atoms with Gasteiger partial charge in [-0.05, 0) is 23.4 Å². The maximum Gasteiger partial charge on any atom is 0.322 e. The molecule has 0 saturated carbocycles. The Hall–Kier alpha value is -1.38. The summed E-state index contributed by atoms with van der Waals surface area (Å²) in [4.78, 5) is 11.6. The molecule has 14 heavy (non-hydrogen) atoms. The molecule has 1 aromatic heterocycles. The molecule has 0 aromatic carbocycles. The summed E-state index contributed by atoms with van der Waals surface area (Å²) in [5.74, 6) is -0.435. The van der Waals surface area contributed by atoms with Crippen LogP contribution >= 0.6 is 11.3 Å². The van der Waals surface area contributed by atoms with Crippen LogP contribution in [0.15, 0.2) is 11.4 Å². The molecule has 0 radical (unpaired) electrons. The average molecular weight is 210 g/mol. The Morgan fingerprint density at radius 1 is 1.86 bits per heavy atom. The fourth-order valence-corrected chi connectivity index (χ4v) is 1.74. The number of rotatable bonds is 3. The van der Waals surface area contributed by atoms with Gasteiger partial charge in [-0.1, -0.05) is 0 Å². The van der Waals surface area contributed by atoms with Crippen molar-refractivity contribution in [3.8, 4) is 6.07 Å². The minimum Gasteiger partial charge on any atom is -0.468 e. The molecule has 1 atom stereocenters. The monoisotopic (exact) mass is 210 g/mol. The van der Waals surface area contributed by atoms with Gasteiger partial charge in [0.1, 0.15) is 17.0 Å². The summed E-state index contributed by atoms with van der Waals surface area (Å²) in [5, 5.41) is 10.4. The molecule has 0 aliphatic heterocycles. The van der Waals surface area contributed by atoms with E-state index in [1.165, 1.54) is 18.4 Å². The van der Waals surface area contributed by atoms with Crippen LogP contribution < -0.4 is 5.73 Å². The van der Waals surface area contributed by atoms with E-state index in [-0.39, 0.29) is 0 Å². The molecule has 0 spiro atoms. The van der Waals surface area contributed by atoms with Gasteiger partial charge in [-0.25, -0.2) is 0 Å². The first-order chi connectivity index (χ1) is 6.67. The first-order valence-electron chi connectivity index (χ1n) is 3.98. The summed E-state index contributed by atoms with van der Waals surface area (Å²) < 4.78 is 4.49. The highest BCUT2D eigenvalue weighted by atomic mass is 32.1. The van der Waals surface area contributed by atoms with Crippen molar-refractivity contribution in [3.63, 3.8) is 0 Å². The first kappa shape index (κ1) is 10.7. The third-order valence-electron chi connectivity index (χ3n) is 1.72. The van der Waals surface area contributed by atoms with Crippen molar-refractivity contribution in [2.45, 2.75) is 12.5 Å². The second-order valence-electron chi connectivity index (χ2n) is 2.76. The number of carbonyl (C=O) groups is 1. The van der Waals surface area contributed by atoms with Crippen LogP contribution in [0.3, 0.4) is 0 Å². The lowest BCUT2D eigenvalue weighted by Gasteiger charge is -2.06. The molecule has 0 saturated heterocycles. The van der Waals surface area contributed by atoms with Gasteiger partial charge in [0.25, 0.3) is 0 Å². The van der Waals surface area contributed by atoms with Crippen molar-refractivity contribution in [3.05, 3.63) is 21.9 Å². The van der Waals surface area contributed by atoms with E-state index < -0.39 is 12.0 Å². The van der Waals surface area contributed by atoms with Crippen molar-refractivity contribution in [1.29, 1.82) is 5.26 Å². The second-order valence-corrected chi connectivity index (χ2v) is 3.68. The molecule has 0 amide bonds. The summed E-state index contributed by atoms with van der Waals surface area (Å²) in [6, 6.07) is 3.10. The van der Waals surface area contributed by atoms with E-state index in [2.05, 4.69) is 4.74 Å². The zero-order chi connectivity index (χ0) is 10.6. The predicted octanol–water partition coefficient (Wildman–Crippen LogP) is 0.663. The van der Waals surface area contributed by atoms with E-state index in [1.807, 2.05) is 11.4 Å². The molecule has 0 aliphatic carbocycles. The van der Waals surface area contributed by atoms with Crippen LogP contribution in [0, 0.1) is 11.3 Å². The van der Waals surface area contributed by atoms with Crippen molar-refractivity contribution < 1.29 is 9.53 Å². The lowest BCUT2D eigenvalue weighted by molar-refractivity contribution is -0.142. The topological polar surface area (TPSA) is 76.1 Å². The van der Waals surface area contributed by atoms with Gasteiger partial charge in [0, 0.05) is 0 Å². The molecular formula is C9H10N2O2S. The number of nitriles is 1. The highest BCUT2D eigenvalue weighted by Crippen LogP contribution is 2.14. The number of hydrogen-bond acceptors (Lipinski definition) is 5.